The molecule has 8 heteroatoms. The number of benzene rings is 3. The minimum absolute atomic E-state index is 0.0956. The molecular formula is C21H14Cl2FNO4. The van der Waals surface area contributed by atoms with Crippen LogP contribution in [0.2, 0.25) is 10.0 Å². The first-order valence-corrected chi connectivity index (χ1v) is 9.09. The fraction of sp³-hybridized carbons (Fsp3) is 0.0476. The Kier molecular flexibility index (Phi) is 6.36. The Bertz CT molecular complexity index is 1050. The zero-order valence-corrected chi connectivity index (χ0v) is 16.3. The molecule has 0 heterocycles. The maximum Gasteiger partial charge on any atom is 0.335 e. The molecule has 3 rings (SSSR count). The van der Waals surface area contributed by atoms with E-state index in [1.807, 2.05) is 0 Å². The highest BCUT2D eigenvalue weighted by Crippen LogP contribution is 2.34. The third-order valence-corrected chi connectivity index (χ3v) is 4.68. The minimum Gasteiger partial charge on any atom is -0.478 e. The van der Waals surface area contributed by atoms with E-state index in [0.717, 1.165) is 0 Å². The number of carbonyl (C=O) groups excluding carboxylic acids is 1. The lowest BCUT2D eigenvalue weighted by atomic mass is 10.1. The molecule has 0 spiro atoms. The molecule has 3 aromatic rings. The third-order valence-electron chi connectivity index (χ3n) is 3.96. The van der Waals surface area contributed by atoms with Crippen LogP contribution in [0.25, 0.3) is 0 Å². The summed E-state index contributed by atoms with van der Waals surface area (Å²) in [6.45, 7) is -0.596. The number of alkyl halides is 1. The van der Waals surface area contributed by atoms with E-state index < -0.39 is 18.6 Å². The smallest absolute Gasteiger partial charge is 0.335 e. The molecular weight excluding hydrogens is 420 g/mol. The molecule has 0 aliphatic carbocycles. The number of nitrogens with one attached hydrogen (secondary N) is 1. The van der Waals surface area contributed by atoms with E-state index >= 15 is 0 Å². The Balaban J connectivity index is 1.87. The van der Waals surface area contributed by atoms with Crippen molar-refractivity contribution in [2.45, 2.75) is 6.67 Å². The second kappa shape index (κ2) is 8.94. The van der Waals surface area contributed by atoms with Gasteiger partial charge < -0.3 is 15.2 Å². The Morgan fingerprint density at radius 2 is 1.59 bits per heavy atom. The van der Waals surface area contributed by atoms with Crippen molar-refractivity contribution in [3.05, 3.63) is 87.4 Å². The van der Waals surface area contributed by atoms with Crippen LogP contribution >= 0.6 is 23.2 Å². The highest BCUT2D eigenvalue weighted by atomic mass is 35.5. The van der Waals surface area contributed by atoms with Crippen LogP contribution in [-0.4, -0.2) is 17.0 Å². The lowest BCUT2D eigenvalue weighted by Gasteiger charge is -2.13. The number of hydrogen-bond acceptors (Lipinski definition) is 3. The molecule has 3 aromatic carbocycles. The largest absolute Gasteiger partial charge is 0.478 e. The third kappa shape index (κ3) is 5.04. The van der Waals surface area contributed by atoms with E-state index in [-0.39, 0.29) is 26.9 Å². The van der Waals surface area contributed by atoms with Crippen LogP contribution in [0.4, 0.5) is 10.1 Å². The van der Waals surface area contributed by atoms with Gasteiger partial charge >= 0.3 is 5.97 Å². The predicted molar refractivity (Wildman–Crippen MR) is 109 cm³/mol. The number of amides is 1. The molecule has 0 atom stereocenters. The molecule has 0 radical (unpaired) electrons. The summed E-state index contributed by atoms with van der Waals surface area (Å²) in [5.41, 5.74) is 1.10. The van der Waals surface area contributed by atoms with Crippen molar-refractivity contribution >= 4 is 40.8 Å². The summed E-state index contributed by atoms with van der Waals surface area (Å²) < 4.78 is 18.4. The van der Waals surface area contributed by atoms with Gasteiger partial charge in [0, 0.05) is 11.8 Å². The fourth-order valence-corrected chi connectivity index (χ4v) is 2.78. The van der Waals surface area contributed by atoms with Crippen LogP contribution in [0.15, 0.2) is 60.7 Å². The van der Waals surface area contributed by atoms with Crippen LogP contribution in [0.3, 0.4) is 0 Å². The van der Waals surface area contributed by atoms with Gasteiger partial charge in [-0.05, 0) is 48.0 Å². The zero-order valence-electron chi connectivity index (χ0n) is 14.8. The number of carboxylic acid groups (broad SMARTS) is 1. The highest BCUT2D eigenvalue weighted by Gasteiger charge is 2.17. The van der Waals surface area contributed by atoms with Gasteiger partial charge in [0.25, 0.3) is 5.91 Å². The van der Waals surface area contributed by atoms with Gasteiger partial charge in [0.05, 0.1) is 21.2 Å². The van der Waals surface area contributed by atoms with Crippen molar-refractivity contribution in [1.29, 1.82) is 0 Å². The Morgan fingerprint density at radius 1 is 0.966 bits per heavy atom. The molecule has 2 N–H and O–H groups in total. The summed E-state index contributed by atoms with van der Waals surface area (Å²) in [6.07, 6.45) is 0. The second-order valence-corrected chi connectivity index (χ2v) is 6.79. The van der Waals surface area contributed by atoms with Crippen LogP contribution in [0, 0.1) is 0 Å². The number of rotatable bonds is 6. The second-order valence-electron chi connectivity index (χ2n) is 5.98. The molecule has 0 aliphatic heterocycles. The maximum atomic E-state index is 12.7. The van der Waals surface area contributed by atoms with Gasteiger partial charge in [0.2, 0.25) is 0 Å². The Morgan fingerprint density at radius 3 is 2.17 bits per heavy atom. The standard InChI is InChI=1S/C21H14Cl2FNO4/c22-17-9-16(20(26)25-14-5-3-13(4-6-14)21(27)28)19(10-18(17)23)29-15-7-1-12(11-24)2-8-15/h1-10H,11H2,(H,25,26)(H,27,28). The number of anilines is 1. The predicted octanol–water partition coefficient (Wildman–Crippen LogP) is 6.21. The van der Waals surface area contributed by atoms with Gasteiger partial charge in [-0.3, -0.25) is 4.79 Å². The summed E-state index contributed by atoms with van der Waals surface area (Å²) >= 11 is 12.1. The van der Waals surface area contributed by atoms with Crippen molar-refractivity contribution in [3.63, 3.8) is 0 Å². The topological polar surface area (TPSA) is 75.6 Å². The summed E-state index contributed by atoms with van der Waals surface area (Å²) in [7, 11) is 0. The minimum atomic E-state index is -1.07. The molecule has 5 nitrogen and oxygen atoms in total. The molecule has 0 fully saturated rings. The number of aromatic carboxylic acids is 1. The maximum absolute atomic E-state index is 12.7. The average molecular weight is 434 g/mol. The summed E-state index contributed by atoms with van der Waals surface area (Å²) in [4.78, 5) is 23.7. The molecule has 0 aromatic heterocycles. The van der Waals surface area contributed by atoms with Crippen molar-refractivity contribution in [1.82, 2.24) is 0 Å². The fourth-order valence-electron chi connectivity index (χ4n) is 2.46. The number of hydrogen-bond donors (Lipinski definition) is 2. The number of halogens is 3. The highest BCUT2D eigenvalue weighted by molar-refractivity contribution is 6.42. The quantitative estimate of drug-likeness (QED) is 0.484. The van der Waals surface area contributed by atoms with Gasteiger partial charge in [-0.15, -0.1) is 0 Å². The van der Waals surface area contributed by atoms with Crippen LogP contribution in [0.5, 0.6) is 11.5 Å². The van der Waals surface area contributed by atoms with Gasteiger partial charge in [0.15, 0.2) is 0 Å². The van der Waals surface area contributed by atoms with Crippen molar-refractivity contribution in [3.8, 4) is 11.5 Å². The first kappa shape index (κ1) is 20.6. The molecule has 0 bridgehead atoms. The normalized spacial score (nSPS) is 10.4. The van der Waals surface area contributed by atoms with Crippen molar-refractivity contribution in [2.75, 3.05) is 5.32 Å². The van der Waals surface area contributed by atoms with E-state index in [4.69, 9.17) is 33.0 Å². The van der Waals surface area contributed by atoms with Gasteiger partial charge in [-0.25, -0.2) is 9.18 Å². The molecule has 29 heavy (non-hydrogen) atoms. The SMILES string of the molecule is O=C(O)c1ccc(NC(=O)c2cc(Cl)c(Cl)cc2Oc2ccc(CF)cc2)cc1. The Labute approximate surface area is 175 Å². The summed E-state index contributed by atoms with van der Waals surface area (Å²) in [5.74, 6) is -1.05. The first-order chi connectivity index (χ1) is 13.9. The number of carboxylic acids is 1. The Hall–Kier alpha value is -3.09. The van der Waals surface area contributed by atoms with Gasteiger partial charge in [-0.1, -0.05) is 35.3 Å². The van der Waals surface area contributed by atoms with Crippen LogP contribution in [-0.2, 0) is 6.67 Å². The molecule has 0 aliphatic rings. The average Bonchev–Trinajstić information content (AvgIpc) is 2.71. The van der Waals surface area contributed by atoms with E-state index in [2.05, 4.69) is 5.32 Å². The molecule has 0 unspecified atom stereocenters. The van der Waals surface area contributed by atoms with Gasteiger partial charge in [0.1, 0.15) is 18.2 Å². The molecule has 0 saturated carbocycles. The number of carbonyl (C=O) groups is 2. The summed E-state index contributed by atoms with van der Waals surface area (Å²) in [5, 5.41) is 12.0. The van der Waals surface area contributed by atoms with E-state index in [0.29, 0.717) is 17.0 Å². The molecule has 1 amide bonds. The number of ether oxygens (including phenoxy) is 1. The monoisotopic (exact) mass is 433 g/mol. The first-order valence-electron chi connectivity index (χ1n) is 8.34. The van der Waals surface area contributed by atoms with Gasteiger partial charge in [-0.2, -0.15) is 0 Å². The van der Waals surface area contributed by atoms with E-state index in [1.54, 1.807) is 24.3 Å². The molecule has 148 valence electrons. The van der Waals surface area contributed by atoms with Crippen LogP contribution < -0.4 is 10.1 Å². The van der Waals surface area contributed by atoms with E-state index in [9.17, 15) is 14.0 Å². The van der Waals surface area contributed by atoms with Crippen molar-refractivity contribution < 1.29 is 23.8 Å². The molecule has 0 saturated heterocycles. The lowest BCUT2D eigenvalue weighted by Crippen LogP contribution is -2.13. The lowest BCUT2D eigenvalue weighted by molar-refractivity contribution is 0.0696. The van der Waals surface area contributed by atoms with Crippen molar-refractivity contribution in [2.24, 2.45) is 0 Å². The zero-order chi connectivity index (χ0) is 21.0. The van der Waals surface area contributed by atoms with E-state index in [1.165, 1.54) is 36.4 Å². The van der Waals surface area contributed by atoms with Crippen LogP contribution in [0.1, 0.15) is 26.3 Å². The summed E-state index contributed by atoms with van der Waals surface area (Å²) in [6, 6.07) is 14.7.